The van der Waals surface area contributed by atoms with E-state index in [1.807, 2.05) is 12.1 Å². The van der Waals surface area contributed by atoms with E-state index in [1.54, 1.807) is 0 Å². The van der Waals surface area contributed by atoms with Crippen LogP contribution >= 0.6 is 0 Å². The number of furan rings is 1. The Kier molecular flexibility index (Phi) is 7.45. The highest BCUT2D eigenvalue weighted by Gasteiger charge is 2.44. The van der Waals surface area contributed by atoms with Gasteiger partial charge in [0.05, 0.1) is 0 Å². The van der Waals surface area contributed by atoms with Crippen LogP contribution in [0.3, 0.4) is 0 Å². The van der Waals surface area contributed by atoms with Gasteiger partial charge in [0, 0.05) is 24.9 Å². The molecule has 3 fully saturated rings. The number of fused-ring (bicyclic) bond motifs is 5. The number of hydrogen-bond donors (Lipinski definition) is 0. The highest BCUT2D eigenvalue weighted by atomic mass is 16.4. The molecule has 4 aliphatic rings. The molecule has 41 heavy (non-hydrogen) atoms. The van der Waals surface area contributed by atoms with Crippen LogP contribution < -0.4 is 0 Å². The Morgan fingerprint density at radius 3 is 2.22 bits per heavy atom. The summed E-state index contributed by atoms with van der Waals surface area (Å²) in [6, 6.07) is 20.0. The number of benzene rings is 2. The first-order valence-corrected chi connectivity index (χ1v) is 16.2. The summed E-state index contributed by atoms with van der Waals surface area (Å²) < 4.78 is 6.38. The molecule has 0 aliphatic heterocycles. The molecule has 2 unspecified atom stereocenters. The van der Waals surface area contributed by atoms with Crippen LogP contribution in [-0.4, -0.2) is 23.4 Å². The van der Waals surface area contributed by atoms with E-state index < -0.39 is 0 Å². The molecule has 0 radical (unpaired) electrons. The van der Waals surface area contributed by atoms with E-state index in [0.717, 1.165) is 18.1 Å². The van der Waals surface area contributed by atoms with Crippen LogP contribution in [0.2, 0.25) is 0 Å². The Bertz CT molecular complexity index is 1390. The number of rotatable bonds is 6. The van der Waals surface area contributed by atoms with E-state index in [4.69, 9.17) is 4.42 Å². The fourth-order valence-corrected chi connectivity index (χ4v) is 8.46. The van der Waals surface area contributed by atoms with Gasteiger partial charge in [-0.05, 0) is 109 Å². The molecule has 0 N–H and O–H groups in total. The summed E-state index contributed by atoms with van der Waals surface area (Å²) in [4.78, 5) is 16.3. The van der Waals surface area contributed by atoms with E-state index >= 15 is 0 Å². The van der Waals surface area contributed by atoms with Crippen LogP contribution in [0.25, 0.3) is 0 Å². The number of aryl methyl sites for hydroxylation is 1. The second-order valence-corrected chi connectivity index (χ2v) is 14.7. The third-order valence-electron chi connectivity index (χ3n) is 11.1. The zero-order chi connectivity index (χ0) is 28.9. The highest BCUT2D eigenvalue weighted by Crippen LogP contribution is 2.49. The SMILES string of the molecule is CCN(C(=O)c1ccc(Cc2cc3c(cc2C)C(C)(C)CCC3(C)C)o1)C1C2CCC(CC2)CC1c1ccccc1. The van der Waals surface area contributed by atoms with Crippen LogP contribution in [0.15, 0.2) is 59.0 Å². The van der Waals surface area contributed by atoms with Crippen molar-refractivity contribution in [2.75, 3.05) is 6.54 Å². The van der Waals surface area contributed by atoms with Crippen LogP contribution in [0.1, 0.15) is 130 Å². The Balaban J connectivity index is 1.27. The summed E-state index contributed by atoms with van der Waals surface area (Å²) in [5.41, 5.74) is 7.35. The predicted molar refractivity (Wildman–Crippen MR) is 168 cm³/mol. The van der Waals surface area contributed by atoms with Gasteiger partial charge in [-0.2, -0.15) is 0 Å². The molecule has 3 saturated carbocycles. The number of nitrogens with zero attached hydrogens (tertiary/aromatic N) is 1. The maximum Gasteiger partial charge on any atom is 0.289 e. The summed E-state index contributed by atoms with van der Waals surface area (Å²) in [6.45, 7) is 14.6. The minimum absolute atomic E-state index is 0.0556. The first-order valence-electron chi connectivity index (χ1n) is 16.2. The molecule has 7 rings (SSSR count). The lowest BCUT2D eigenvalue weighted by Crippen LogP contribution is -2.47. The van der Waals surface area contributed by atoms with Crippen molar-refractivity contribution in [2.24, 2.45) is 11.8 Å². The van der Waals surface area contributed by atoms with Crippen LogP contribution in [0.4, 0.5) is 0 Å². The zero-order valence-corrected chi connectivity index (χ0v) is 26.1. The minimum atomic E-state index is 0.0556. The molecule has 0 saturated heterocycles. The summed E-state index contributed by atoms with van der Waals surface area (Å²) in [5.74, 6) is 3.15. The van der Waals surface area contributed by atoms with Gasteiger partial charge < -0.3 is 9.32 Å². The van der Waals surface area contributed by atoms with Gasteiger partial charge in [-0.25, -0.2) is 0 Å². The average molecular weight is 552 g/mol. The fraction of sp³-hybridized carbons (Fsp3) is 0.553. The van der Waals surface area contributed by atoms with Crippen LogP contribution in [0, 0.1) is 18.8 Å². The van der Waals surface area contributed by atoms with Gasteiger partial charge in [0.15, 0.2) is 5.76 Å². The normalized spacial score (nSPS) is 26.3. The number of carbonyl (C=O) groups is 1. The van der Waals surface area contributed by atoms with E-state index in [0.29, 0.717) is 24.1 Å². The lowest BCUT2D eigenvalue weighted by atomic mass is 9.62. The molecule has 1 aromatic heterocycles. The molecule has 2 aromatic carbocycles. The largest absolute Gasteiger partial charge is 0.456 e. The number of carbonyl (C=O) groups excluding carboxylic acids is 1. The molecular formula is C38H49NO2. The molecule has 3 heteroatoms. The van der Waals surface area contributed by atoms with Crippen molar-refractivity contribution >= 4 is 5.91 Å². The lowest BCUT2D eigenvalue weighted by molar-refractivity contribution is 0.0536. The first kappa shape index (κ1) is 28.3. The monoisotopic (exact) mass is 551 g/mol. The Morgan fingerprint density at radius 1 is 0.902 bits per heavy atom. The predicted octanol–water partition coefficient (Wildman–Crippen LogP) is 9.35. The third-order valence-corrected chi connectivity index (χ3v) is 11.1. The molecule has 218 valence electrons. The Labute approximate surface area is 247 Å². The molecule has 2 bridgehead atoms. The van der Waals surface area contributed by atoms with Crippen molar-refractivity contribution in [3.8, 4) is 0 Å². The van der Waals surface area contributed by atoms with E-state index in [9.17, 15) is 4.79 Å². The number of likely N-dealkylation sites (N-methyl/N-ethyl adjacent to an activating group) is 1. The molecule has 0 spiro atoms. The van der Waals surface area contributed by atoms with Crippen molar-refractivity contribution in [2.45, 2.75) is 116 Å². The number of hydrogen-bond acceptors (Lipinski definition) is 2. The van der Waals surface area contributed by atoms with Gasteiger partial charge >= 0.3 is 0 Å². The summed E-state index contributed by atoms with van der Waals surface area (Å²) in [5, 5.41) is 0. The van der Waals surface area contributed by atoms with Gasteiger partial charge in [-0.3, -0.25) is 4.79 Å². The molecule has 3 nitrogen and oxygen atoms in total. The molecule has 3 aromatic rings. The highest BCUT2D eigenvalue weighted by molar-refractivity contribution is 5.92. The average Bonchev–Trinajstić information content (AvgIpc) is 3.27. The maximum absolute atomic E-state index is 14.2. The van der Waals surface area contributed by atoms with Gasteiger partial charge in [0.2, 0.25) is 0 Å². The van der Waals surface area contributed by atoms with Gasteiger partial charge in [0.1, 0.15) is 5.76 Å². The molecule has 1 heterocycles. The van der Waals surface area contributed by atoms with Gasteiger partial charge in [-0.15, -0.1) is 0 Å². The van der Waals surface area contributed by atoms with E-state index in [1.165, 1.54) is 72.8 Å². The summed E-state index contributed by atoms with van der Waals surface area (Å²) >= 11 is 0. The van der Waals surface area contributed by atoms with Crippen molar-refractivity contribution in [1.29, 1.82) is 0 Å². The second-order valence-electron chi connectivity index (χ2n) is 14.7. The number of amides is 1. The van der Waals surface area contributed by atoms with E-state index in [-0.39, 0.29) is 22.8 Å². The smallest absolute Gasteiger partial charge is 0.289 e. The molecular weight excluding hydrogens is 502 g/mol. The fourth-order valence-electron chi connectivity index (χ4n) is 8.46. The van der Waals surface area contributed by atoms with Crippen molar-refractivity contribution in [1.82, 2.24) is 4.90 Å². The van der Waals surface area contributed by atoms with Gasteiger partial charge in [-0.1, -0.05) is 83.0 Å². The molecule has 4 aliphatic carbocycles. The van der Waals surface area contributed by atoms with Crippen molar-refractivity contribution in [3.63, 3.8) is 0 Å². The Morgan fingerprint density at radius 2 is 1.56 bits per heavy atom. The lowest BCUT2D eigenvalue weighted by Gasteiger charge is -2.42. The zero-order valence-electron chi connectivity index (χ0n) is 26.1. The minimum Gasteiger partial charge on any atom is -0.456 e. The molecule has 2 atom stereocenters. The van der Waals surface area contributed by atoms with Gasteiger partial charge in [0.25, 0.3) is 5.91 Å². The third kappa shape index (κ3) is 5.30. The van der Waals surface area contributed by atoms with Crippen LogP contribution in [-0.2, 0) is 17.3 Å². The quantitative estimate of drug-likeness (QED) is 0.306. The van der Waals surface area contributed by atoms with Crippen molar-refractivity contribution < 1.29 is 9.21 Å². The van der Waals surface area contributed by atoms with Crippen LogP contribution in [0.5, 0.6) is 0 Å². The maximum atomic E-state index is 14.2. The standard InChI is InChI=1S/C38H49NO2/c1-7-39(35-28-15-13-26(14-16-28)22-31(35)27-11-9-8-10-12-27)36(40)34-18-17-30(41-34)23-29-24-33-32(21-25(29)2)37(3,4)19-20-38(33,5)6/h8-12,17-18,21,24,26,28,31,35H,7,13-16,19-20,22-23H2,1-6H3. The second kappa shape index (κ2) is 10.8. The summed E-state index contributed by atoms with van der Waals surface area (Å²) in [6.07, 6.45) is 9.39. The summed E-state index contributed by atoms with van der Waals surface area (Å²) in [7, 11) is 0. The molecule has 1 amide bonds. The van der Waals surface area contributed by atoms with E-state index in [2.05, 4.69) is 88.9 Å². The Hall–Kier alpha value is -2.81. The first-order chi connectivity index (χ1) is 19.6. The topological polar surface area (TPSA) is 33.5 Å². The van der Waals surface area contributed by atoms with Crippen molar-refractivity contribution in [3.05, 3.63) is 93.9 Å².